The van der Waals surface area contributed by atoms with E-state index in [4.69, 9.17) is 0 Å². The molecule has 1 aromatic carbocycles. The highest BCUT2D eigenvalue weighted by atomic mass is 16.2. The van der Waals surface area contributed by atoms with Crippen molar-refractivity contribution in [2.24, 2.45) is 13.0 Å². The first kappa shape index (κ1) is 19.5. The molecule has 0 spiro atoms. The maximum absolute atomic E-state index is 12.7. The van der Waals surface area contributed by atoms with Crippen LogP contribution in [0.15, 0.2) is 41.3 Å². The fraction of sp³-hybridized carbons (Fsp3) is 0.500. The number of piperidine rings is 1. The number of nitrogens with one attached hydrogen (secondary N) is 1. The summed E-state index contributed by atoms with van der Waals surface area (Å²) in [7, 11) is 1.64. The molecular formula is C22H29N5O2. The number of rotatable bonds is 5. The summed E-state index contributed by atoms with van der Waals surface area (Å²) in [6, 6.07) is 10.1. The molecule has 29 heavy (non-hydrogen) atoms. The van der Waals surface area contributed by atoms with E-state index in [1.165, 1.54) is 23.2 Å². The number of aromatic nitrogens is 2. The second-order valence-corrected chi connectivity index (χ2v) is 8.04. The zero-order valence-corrected chi connectivity index (χ0v) is 17.0. The quantitative estimate of drug-likeness (QED) is 0.838. The lowest BCUT2D eigenvalue weighted by Crippen LogP contribution is -2.43. The fourth-order valence-electron chi connectivity index (χ4n) is 4.19. The Kier molecular flexibility index (Phi) is 5.83. The summed E-state index contributed by atoms with van der Waals surface area (Å²) in [5, 5.41) is 7.18. The predicted molar refractivity (Wildman–Crippen MR) is 114 cm³/mol. The maximum atomic E-state index is 12.7. The number of carbonyl (C=O) groups excluding carboxylic acids is 1. The Labute approximate surface area is 171 Å². The van der Waals surface area contributed by atoms with Crippen LogP contribution in [0.2, 0.25) is 0 Å². The van der Waals surface area contributed by atoms with Gasteiger partial charge in [0, 0.05) is 51.5 Å². The molecule has 2 saturated heterocycles. The number of nitrogens with zero attached hydrogens (tertiary/aromatic N) is 4. The summed E-state index contributed by atoms with van der Waals surface area (Å²) < 4.78 is 1.31. The first-order chi connectivity index (χ1) is 14.1. The lowest BCUT2D eigenvalue weighted by Gasteiger charge is -2.33. The van der Waals surface area contributed by atoms with E-state index in [1.54, 1.807) is 19.3 Å². The average Bonchev–Trinajstić information content (AvgIpc) is 3.29. The Hall–Kier alpha value is -2.83. The van der Waals surface area contributed by atoms with E-state index in [-0.39, 0.29) is 17.4 Å². The molecule has 1 amide bonds. The van der Waals surface area contributed by atoms with Crippen molar-refractivity contribution in [2.75, 3.05) is 36.0 Å². The number of aryl methyl sites for hydroxylation is 1. The Morgan fingerprint density at radius 3 is 2.52 bits per heavy atom. The van der Waals surface area contributed by atoms with Gasteiger partial charge >= 0.3 is 0 Å². The number of amides is 1. The van der Waals surface area contributed by atoms with Crippen molar-refractivity contribution < 1.29 is 4.79 Å². The molecule has 2 aliphatic rings. The van der Waals surface area contributed by atoms with E-state index in [0.29, 0.717) is 13.1 Å². The molecule has 2 aromatic rings. The first-order valence-corrected chi connectivity index (χ1v) is 10.5. The molecule has 7 heteroatoms. The largest absolute Gasteiger partial charge is 0.372 e. The molecule has 1 aromatic heterocycles. The van der Waals surface area contributed by atoms with Gasteiger partial charge < -0.3 is 15.1 Å². The van der Waals surface area contributed by atoms with Crippen LogP contribution in [0.4, 0.5) is 11.4 Å². The van der Waals surface area contributed by atoms with E-state index < -0.39 is 0 Å². The SMILES string of the molecule is Cn1ncc(N2CCC[C@H](C(=O)NCc3ccc(N4CCCC4)cc3)C2)cc1=O. The Balaban J connectivity index is 1.32. The van der Waals surface area contributed by atoms with Gasteiger partial charge in [0.25, 0.3) is 5.56 Å². The second-order valence-electron chi connectivity index (χ2n) is 8.04. The first-order valence-electron chi connectivity index (χ1n) is 10.5. The highest BCUT2D eigenvalue weighted by Crippen LogP contribution is 2.23. The minimum absolute atomic E-state index is 0.0725. The smallest absolute Gasteiger partial charge is 0.268 e. The van der Waals surface area contributed by atoms with Gasteiger partial charge in [-0.2, -0.15) is 5.10 Å². The van der Waals surface area contributed by atoms with Gasteiger partial charge in [-0.3, -0.25) is 9.59 Å². The van der Waals surface area contributed by atoms with Gasteiger partial charge in [-0.25, -0.2) is 4.68 Å². The third-order valence-electron chi connectivity index (χ3n) is 5.99. The molecule has 4 rings (SSSR count). The molecule has 1 N–H and O–H groups in total. The standard InChI is InChI=1S/C22H29N5O2/c1-25-21(28)13-20(15-24-25)27-12-4-5-18(16-27)22(29)23-14-17-6-8-19(9-7-17)26-10-2-3-11-26/h6-9,13,15,18H,2-5,10-12,14,16H2,1H3,(H,23,29)/t18-/m0/s1. The molecule has 0 saturated carbocycles. The monoisotopic (exact) mass is 395 g/mol. The molecule has 154 valence electrons. The van der Waals surface area contributed by atoms with Crippen LogP contribution in [0, 0.1) is 5.92 Å². The third kappa shape index (κ3) is 4.60. The molecule has 0 unspecified atom stereocenters. The minimum Gasteiger partial charge on any atom is -0.372 e. The van der Waals surface area contributed by atoms with Crippen molar-refractivity contribution >= 4 is 17.3 Å². The molecule has 1 atom stereocenters. The lowest BCUT2D eigenvalue weighted by molar-refractivity contribution is -0.125. The van der Waals surface area contributed by atoms with Crippen LogP contribution in [0.25, 0.3) is 0 Å². The zero-order chi connectivity index (χ0) is 20.2. The highest BCUT2D eigenvalue weighted by molar-refractivity contribution is 5.79. The van der Waals surface area contributed by atoms with Crippen LogP contribution in [-0.2, 0) is 18.4 Å². The number of anilines is 2. The minimum atomic E-state index is -0.133. The highest BCUT2D eigenvalue weighted by Gasteiger charge is 2.26. The van der Waals surface area contributed by atoms with E-state index in [1.807, 2.05) is 0 Å². The maximum Gasteiger partial charge on any atom is 0.268 e. The van der Waals surface area contributed by atoms with Crippen molar-refractivity contribution in [1.82, 2.24) is 15.1 Å². The molecule has 2 aliphatic heterocycles. The molecule has 0 aliphatic carbocycles. The van der Waals surface area contributed by atoms with Crippen LogP contribution in [-0.4, -0.2) is 41.9 Å². The zero-order valence-electron chi connectivity index (χ0n) is 17.0. The Bertz CT molecular complexity index is 902. The third-order valence-corrected chi connectivity index (χ3v) is 5.99. The van der Waals surface area contributed by atoms with Gasteiger partial charge in [0.05, 0.1) is 17.8 Å². The summed E-state index contributed by atoms with van der Waals surface area (Å²) in [6.45, 7) is 4.28. The molecule has 0 bridgehead atoms. The van der Waals surface area contributed by atoms with Crippen molar-refractivity contribution in [3.8, 4) is 0 Å². The topological polar surface area (TPSA) is 70.5 Å². The van der Waals surface area contributed by atoms with E-state index in [9.17, 15) is 9.59 Å². The summed E-state index contributed by atoms with van der Waals surface area (Å²) in [4.78, 5) is 29.1. The van der Waals surface area contributed by atoms with Crippen molar-refractivity contribution in [3.63, 3.8) is 0 Å². The normalized spacial score (nSPS) is 19.4. The van der Waals surface area contributed by atoms with Gasteiger partial charge in [-0.15, -0.1) is 0 Å². The summed E-state index contributed by atoms with van der Waals surface area (Å²) >= 11 is 0. The van der Waals surface area contributed by atoms with Crippen LogP contribution in [0.1, 0.15) is 31.2 Å². The Morgan fingerprint density at radius 1 is 1.07 bits per heavy atom. The van der Waals surface area contributed by atoms with E-state index in [2.05, 4.69) is 44.5 Å². The van der Waals surface area contributed by atoms with Gasteiger partial charge in [-0.1, -0.05) is 12.1 Å². The van der Waals surface area contributed by atoms with Crippen molar-refractivity contribution in [3.05, 3.63) is 52.4 Å². The molecular weight excluding hydrogens is 366 g/mol. The predicted octanol–water partition coefficient (Wildman–Crippen LogP) is 1.91. The van der Waals surface area contributed by atoms with Gasteiger partial charge in [-0.05, 0) is 43.4 Å². The average molecular weight is 396 g/mol. The van der Waals surface area contributed by atoms with Gasteiger partial charge in [0.2, 0.25) is 5.91 Å². The second kappa shape index (κ2) is 8.68. The number of hydrogen-bond donors (Lipinski definition) is 1. The van der Waals surface area contributed by atoms with Gasteiger partial charge in [0.15, 0.2) is 0 Å². The van der Waals surface area contributed by atoms with Crippen LogP contribution < -0.4 is 20.7 Å². The Morgan fingerprint density at radius 2 is 1.79 bits per heavy atom. The molecule has 2 fully saturated rings. The fourth-order valence-corrected chi connectivity index (χ4v) is 4.19. The number of hydrogen-bond acceptors (Lipinski definition) is 5. The molecule has 0 radical (unpaired) electrons. The van der Waals surface area contributed by atoms with Crippen molar-refractivity contribution in [1.29, 1.82) is 0 Å². The number of benzene rings is 1. The van der Waals surface area contributed by atoms with E-state index >= 15 is 0 Å². The van der Waals surface area contributed by atoms with Crippen LogP contribution in [0.3, 0.4) is 0 Å². The van der Waals surface area contributed by atoms with Gasteiger partial charge in [0.1, 0.15) is 0 Å². The van der Waals surface area contributed by atoms with Crippen LogP contribution >= 0.6 is 0 Å². The van der Waals surface area contributed by atoms with Crippen LogP contribution in [0.5, 0.6) is 0 Å². The molecule has 3 heterocycles. The number of carbonyl (C=O) groups is 1. The lowest BCUT2D eigenvalue weighted by atomic mass is 9.96. The van der Waals surface area contributed by atoms with Crippen molar-refractivity contribution in [2.45, 2.75) is 32.2 Å². The summed E-state index contributed by atoms with van der Waals surface area (Å²) in [5.74, 6) is 0.00629. The van der Waals surface area contributed by atoms with E-state index in [0.717, 1.165) is 43.7 Å². The molecule has 7 nitrogen and oxygen atoms in total. The summed E-state index contributed by atoms with van der Waals surface area (Å²) in [5.41, 5.74) is 3.04. The summed E-state index contributed by atoms with van der Waals surface area (Å²) in [6.07, 6.45) is 6.03.